The van der Waals surface area contributed by atoms with Crippen LogP contribution in [-0.2, 0) is 6.42 Å². The fourth-order valence-electron chi connectivity index (χ4n) is 4.32. The number of furan rings is 1. The molecule has 0 aliphatic heterocycles. The lowest BCUT2D eigenvalue weighted by Gasteiger charge is -2.27. The first kappa shape index (κ1) is 20.1. The second-order valence-electron chi connectivity index (χ2n) is 8.92. The molecule has 4 rings (SSSR count). The van der Waals surface area contributed by atoms with Gasteiger partial charge in [0.05, 0.1) is 23.5 Å². The summed E-state index contributed by atoms with van der Waals surface area (Å²) < 4.78 is 7.75. The molecule has 6 heteroatoms. The van der Waals surface area contributed by atoms with Crippen LogP contribution in [0, 0.1) is 19.3 Å². The molecule has 0 saturated carbocycles. The van der Waals surface area contributed by atoms with Gasteiger partial charge in [0.2, 0.25) is 0 Å². The molecule has 1 amide bonds. The van der Waals surface area contributed by atoms with E-state index in [9.17, 15) is 9.59 Å². The number of amides is 1. The van der Waals surface area contributed by atoms with Crippen molar-refractivity contribution in [2.75, 3.05) is 0 Å². The number of carbonyl (C=O) groups is 2. The van der Waals surface area contributed by atoms with Gasteiger partial charge in [0.15, 0.2) is 11.5 Å². The first-order valence-electron chi connectivity index (χ1n) is 10.2. The molecule has 2 aromatic heterocycles. The van der Waals surface area contributed by atoms with Crippen molar-refractivity contribution in [2.24, 2.45) is 5.41 Å². The first-order valence-corrected chi connectivity index (χ1v) is 10.2. The topological polar surface area (TPSA) is 77.1 Å². The number of hydrogen-bond acceptors (Lipinski definition) is 4. The monoisotopic (exact) mass is 405 g/mol. The van der Waals surface area contributed by atoms with E-state index in [0.717, 1.165) is 16.9 Å². The van der Waals surface area contributed by atoms with Crippen molar-refractivity contribution in [2.45, 2.75) is 53.5 Å². The van der Waals surface area contributed by atoms with E-state index in [-0.39, 0.29) is 28.9 Å². The Balaban J connectivity index is 1.57. The number of aromatic nitrogens is 2. The molecule has 3 aromatic rings. The quantitative estimate of drug-likeness (QED) is 0.681. The van der Waals surface area contributed by atoms with Crippen molar-refractivity contribution in [1.29, 1.82) is 0 Å². The van der Waals surface area contributed by atoms with Gasteiger partial charge in [-0.2, -0.15) is 5.10 Å². The highest BCUT2D eigenvalue weighted by Gasteiger charge is 2.37. The summed E-state index contributed by atoms with van der Waals surface area (Å²) in [5.41, 5.74) is 3.92. The van der Waals surface area contributed by atoms with E-state index in [1.165, 1.54) is 0 Å². The third-order valence-electron chi connectivity index (χ3n) is 5.85. The van der Waals surface area contributed by atoms with Gasteiger partial charge in [-0.15, -0.1) is 0 Å². The van der Waals surface area contributed by atoms with Crippen molar-refractivity contribution in [3.63, 3.8) is 0 Å². The number of carbonyl (C=O) groups excluding carboxylic acids is 2. The normalized spacial score (nSPS) is 16.2. The molecule has 30 heavy (non-hydrogen) atoms. The second-order valence-corrected chi connectivity index (χ2v) is 8.92. The maximum absolute atomic E-state index is 13.0. The summed E-state index contributed by atoms with van der Waals surface area (Å²) in [6, 6.07) is 9.61. The van der Waals surface area contributed by atoms with Gasteiger partial charge < -0.3 is 9.73 Å². The molecule has 156 valence electrons. The third kappa shape index (κ3) is 3.47. The smallest absolute Gasteiger partial charge is 0.287 e. The molecule has 0 bridgehead atoms. The van der Waals surface area contributed by atoms with Crippen molar-refractivity contribution in [3.05, 3.63) is 70.4 Å². The highest BCUT2D eigenvalue weighted by Crippen LogP contribution is 2.38. The maximum atomic E-state index is 13.0. The maximum Gasteiger partial charge on any atom is 0.287 e. The predicted molar refractivity (Wildman–Crippen MR) is 114 cm³/mol. The molecule has 1 N–H and O–H groups in total. The van der Waals surface area contributed by atoms with Gasteiger partial charge in [-0.3, -0.25) is 9.59 Å². The number of nitrogens with one attached hydrogen (secondary N) is 1. The molecular formula is C24H27N3O3. The minimum absolute atomic E-state index is 0.0505. The van der Waals surface area contributed by atoms with Crippen LogP contribution < -0.4 is 5.32 Å². The highest BCUT2D eigenvalue weighted by atomic mass is 16.4. The lowest BCUT2D eigenvalue weighted by Crippen LogP contribution is -2.27. The Morgan fingerprint density at radius 1 is 1.20 bits per heavy atom. The second kappa shape index (κ2) is 7.27. The summed E-state index contributed by atoms with van der Waals surface area (Å²) in [4.78, 5) is 25.6. The van der Waals surface area contributed by atoms with E-state index in [1.807, 2.05) is 62.7 Å². The van der Waals surface area contributed by atoms with E-state index in [1.54, 1.807) is 13.1 Å². The fraction of sp³-hybridized carbons (Fsp3) is 0.375. The lowest BCUT2D eigenvalue weighted by atomic mass is 9.76. The van der Waals surface area contributed by atoms with Gasteiger partial charge in [0.25, 0.3) is 5.91 Å². The van der Waals surface area contributed by atoms with E-state index < -0.39 is 0 Å². The van der Waals surface area contributed by atoms with E-state index >= 15 is 0 Å². The van der Waals surface area contributed by atoms with Gasteiger partial charge in [-0.1, -0.05) is 32.0 Å². The number of Topliss-reactive ketones (excluding diaryl/α,β-unsaturated/α-hetero) is 1. The minimum atomic E-state index is -0.313. The third-order valence-corrected chi connectivity index (χ3v) is 5.85. The van der Waals surface area contributed by atoms with Crippen LogP contribution in [0.15, 0.2) is 40.9 Å². The van der Waals surface area contributed by atoms with Gasteiger partial charge in [-0.05, 0) is 38.3 Å². The summed E-state index contributed by atoms with van der Waals surface area (Å²) >= 11 is 0. The molecule has 1 aliphatic carbocycles. The number of rotatable bonds is 4. The molecule has 1 atom stereocenters. The summed E-state index contributed by atoms with van der Waals surface area (Å²) in [5.74, 6) is 0.590. The van der Waals surface area contributed by atoms with E-state index in [4.69, 9.17) is 4.42 Å². The predicted octanol–water partition coefficient (Wildman–Crippen LogP) is 4.73. The summed E-state index contributed by atoms with van der Waals surface area (Å²) in [6.07, 6.45) is 2.90. The largest absolute Gasteiger partial charge is 0.455 e. The van der Waals surface area contributed by atoms with Gasteiger partial charge in [0.1, 0.15) is 5.76 Å². The number of benzene rings is 1. The van der Waals surface area contributed by atoms with Crippen molar-refractivity contribution < 1.29 is 14.0 Å². The number of ketones is 1. The molecule has 1 unspecified atom stereocenters. The van der Waals surface area contributed by atoms with Crippen LogP contribution >= 0.6 is 0 Å². The van der Waals surface area contributed by atoms with Crippen LogP contribution in [-0.4, -0.2) is 21.5 Å². The zero-order chi connectivity index (χ0) is 21.6. The Morgan fingerprint density at radius 2 is 1.90 bits per heavy atom. The zero-order valence-electron chi connectivity index (χ0n) is 18.1. The number of nitrogens with zero attached hydrogens (tertiary/aromatic N) is 2. The number of hydrogen-bond donors (Lipinski definition) is 1. The Labute approximate surface area is 176 Å². The molecule has 0 saturated heterocycles. The highest BCUT2D eigenvalue weighted by molar-refractivity contribution is 6.03. The summed E-state index contributed by atoms with van der Waals surface area (Å²) in [5, 5.41) is 7.49. The van der Waals surface area contributed by atoms with Crippen LogP contribution in [0.25, 0.3) is 5.69 Å². The first-order chi connectivity index (χ1) is 14.2. The fourth-order valence-corrected chi connectivity index (χ4v) is 4.32. The van der Waals surface area contributed by atoms with Crippen molar-refractivity contribution in [3.8, 4) is 5.69 Å². The molecule has 2 heterocycles. The molecule has 6 nitrogen and oxygen atoms in total. The van der Waals surface area contributed by atoms with Crippen LogP contribution in [0.2, 0.25) is 0 Å². The lowest BCUT2D eigenvalue weighted by molar-refractivity contribution is 0.0883. The van der Waals surface area contributed by atoms with Gasteiger partial charge in [0, 0.05) is 29.7 Å². The zero-order valence-corrected chi connectivity index (χ0v) is 18.1. The molecular weight excluding hydrogens is 378 g/mol. The molecule has 1 aromatic carbocycles. The average molecular weight is 405 g/mol. The molecule has 0 radical (unpaired) electrons. The molecule has 0 fully saturated rings. The Bertz CT molecular complexity index is 1120. The van der Waals surface area contributed by atoms with E-state index in [0.29, 0.717) is 29.7 Å². The van der Waals surface area contributed by atoms with E-state index in [2.05, 4.69) is 10.4 Å². The Morgan fingerprint density at radius 3 is 2.60 bits per heavy atom. The SMILES string of the molecule is Cc1c(C(=O)NC(C)c2cnn(-c3ccccc3)c2C)oc2c1C(=O)CC(C)(C)C2. The summed E-state index contributed by atoms with van der Waals surface area (Å²) in [6.45, 7) is 9.78. The van der Waals surface area contributed by atoms with Crippen molar-refractivity contribution >= 4 is 11.7 Å². The average Bonchev–Trinajstić information content (AvgIpc) is 3.21. The van der Waals surface area contributed by atoms with Gasteiger partial charge in [-0.25, -0.2) is 4.68 Å². The Hall–Kier alpha value is -3.15. The standard InChI is InChI=1S/C24H27N3O3/c1-14-21-19(28)11-24(4,5)12-20(21)30-22(14)23(29)26-15(2)18-13-25-27(16(18)3)17-9-7-6-8-10-17/h6-10,13,15H,11-12H2,1-5H3,(H,26,29). The van der Waals surface area contributed by atoms with Gasteiger partial charge >= 0.3 is 0 Å². The molecule has 1 aliphatic rings. The van der Waals surface area contributed by atoms with Crippen LogP contribution in [0.4, 0.5) is 0 Å². The molecule has 0 spiro atoms. The Kier molecular flexibility index (Phi) is 4.88. The number of fused-ring (bicyclic) bond motifs is 1. The van der Waals surface area contributed by atoms with Crippen LogP contribution in [0.3, 0.4) is 0 Å². The van der Waals surface area contributed by atoms with Crippen LogP contribution in [0.5, 0.6) is 0 Å². The minimum Gasteiger partial charge on any atom is -0.455 e. The summed E-state index contributed by atoms with van der Waals surface area (Å²) in [7, 11) is 0. The number of para-hydroxylation sites is 1. The van der Waals surface area contributed by atoms with Crippen LogP contribution in [0.1, 0.15) is 76.7 Å². The van der Waals surface area contributed by atoms with Crippen molar-refractivity contribution in [1.82, 2.24) is 15.1 Å².